The number of nitrogens with zero attached hydrogens (tertiary/aromatic N) is 1. The Balaban J connectivity index is 2.03. The van der Waals surface area contributed by atoms with Crippen LogP contribution in [0.3, 0.4) is 0 Å². The van der Waals surface area contributed by atoms with E-state index in [0.717, 1.165) is 19.5 Å². The molecule has 0 spiro atoms. The number of hydrogen-bond acceptors (Lipinski definition) is 3. The highest BCUT2D eigenvalue weighted by Gasteiger charge is 2.26. The Labute approximate surface area is 126 Å². The summed E-state index contributed by atoms with van der Waals surface area (Å²) in [4.78, 5) is 2.59. The maximum atomic E-state index is 5.91. The van der Waals surface area contributed by atoms with E-state index in [9.17, 15) is 0 Å². The third-order valence-electron chi connectivity index (χ3n) is 4.69. The third-order valence-corrected chi connectivity index (χ3v) is 4.69. The number of nitrogens with two attached hydrogens (primary N) is 1. The first kappa shape index (κ1) is 17.9. The summed E-state index contributed by atoms with van der Waals surface area (Å²) in [6.07, 6.45) is 13.9. The van der Waals surface area contributed by atoms with Gasteiger partial charge in [-0.05, 0) is 25.8 Å². The number of rotatable bonds is 11. The normalized spacial score (nSPS) is 24.1. The van der Waals surface area contributed by atoms with Crippen LogP contribution in [0.15, 0.2) is 0 Å². The third kappa shape index (κ3) is 7.05. The van der Waals surface area contributed by atoms with Crippen molar-refractivity contribution in [2.75, 3.05) is 26.7 Å². The Kier molecular flexibility index (Phi) is 10.3. The van der Waals surface area contributed by atoms with E-state index in [0.29, 0.717) is 12.1 Å². The summed E-state index contributed by atoms with van der Waals surface area (Å²) in [6.45, 7) is 5.45. The lowest BCUT2D eigenvalue weighted by atomic mass is 9.98. The van der Waals surface area contributed by atoms with Crippen LogP contribution in [0.5, 0.6) is 0 Å². The number of piperidine rings is 1. The monoisotopic (exact) mass is 284 g/mol. The Hall–Kier alpha value is -0.120. The van der Waals surface area contributed by atoms with Crippen LogP contribution < -0.4 is 5.73 Å². The van der Waals surface area contributed by atoms with Crippen LogP contribution in [0.2, 0.25) is 0 Å². The van der Waals surface area contributed by atoms with E-state index >= 15 is 0 Å². The summed E-state index contributed by atoms with van der Waals surface area (Å²) in [5.41, 5.74) is 5.91. The second kappa shape index (κ2) is 11.5. The summed E-state index contributed by atoms with van der Waals surface area (Å²) < 4.78 is 5.48. The molecule has 2 unspecified atom stereocenters. The minimum atomic E-state index is 0.429. The van der Waals surface area contributed by atoms with Gasteiger partial charge in [0.1, 0.15) is 0 Å². The van der Waals surface area contributed by atoms with Crippen LogP contribution in [0, 0.1) is 0 Å². The molecule has 0 aliphatic carbocycles. The molecule has 0 bridgehead atoms. The number of likely N-dealkylation sites (tertiary alicyclic amines) is 1. The maximum absolute atomic E-state index is 5.91. The molecule has 1 aliphatic heterocycles. The topological polar surface area (TPSA) is 38.5 Å². The molecule has 0 aromatic carbocycles. The Morgan fingerprint density at radius 3 is 2.30 bits per heavy atom. The zero-order chi connectivity index (χ0) is 14.6. The molecule has 1 fully saturated rings. The van der Waals surface area contributed by atoms with Crippen molar-refractivity contribution in [3.8, 4) is 0 Å². The van der Waals surface area contributed by atoms with Crippen LogP contribution in [-0.4, -0.2) is 43.8 Å². The van der Waals surface area contributed by atoms with Crippen molar-refractivity contribution >= 4 is 0 Å². The van der Waals surface area contributed by atoms with Gasteiger partial charge in [-0.15, -0.1) is 0 Å². The van der Waals surface area contributed by atoms with Crippen molar-refractivity contribution in [2.45, 2.75) is 83.3 Å². The molecule has 120 valence electrons. The fourth-order valence-electron chi connectivity index (χ4n) is 3.27. The van der Waals surface area contributed by atoms with Gasteiger partial charge in [-0.25, -0.2) is 0 Å². The van der Waals surface area contributed by atoms with E-state index in [-0.39, 0.29) is 0 Å². The summed E-state index contributed by atoms with van der Waals surface area (Å²) in [5, 5.41) is 0. The number of ether oxygens (including phenoxy) is 1. The Bertz CT molecular complexity index is 223. The van der Waals surface area contributed by atoms with E-state index in [4.69, 9.17) is 10.5 Å². The van der Waals surface area contributed by atoms with Crippen molar-refractivity contribution in [1.29, 1.82) is 0 Å². The maximum Gasteiger partial charge on any atom is 0.0599 e. The number of unbranched alkanes of at least 4 members (excludes halogenated alkanes) is 7. The lowest BCUT2D eigenvalue weighted by Crippen LogP contribution is -2.48. The summed E-state index contributed by atoms with van der Waals surface area (Å²) >= 11 is 0. The van der Waals surface area contributed by atoms with Crippen molar-refractivity contribution in [1.82, 2.24) is 4.90 Å². The molecule has 0 aromatic rings. The second-order valence-corrected chi connectivity index (χ2v) is 6.28. The van der Waals surface area contributed by atoms with Gasteiger partial charge in [-0.3, -0.25) is 4.90 Å². The summed E-state index contributed by atoms with van der Waals surface area (Å²) in [6, 6.07) is 0.540. The van der Waals surface area contributed by atoms with E-state index in [1.807, 2.05) is 7.11 Å². The second-order valence-electron chi connectivity index (χ2n) is 6.28. The van der Waals surface area contributed by atoms with Crippen LogP contribution in [0.1, 0.15) is 71.1 Å². The van der Waals surface area contributed by atoms with Gasteiger partial charge >= 0.3 is 0 Å². The summed E-state index contributed by atoms with van der Waals surface area (Å²) in [5.74, 6) is 0. The van der Waals surface area contributed by atoms with Crippen molar-refractivity contribution in [3.63, 3.8) is 0 Å². The van der Waals surface area contributed by atoms with Gasteiger partial charge in [0.05, 0.1) is 6.10 Å². The van der Waals surface area contributed by atoms with Crippen molar-refractivity contribution in [2.24, 2.45) is 5.73 Å². The highest BCUT2D eigenvalue weighted by Crippen LogP contribution is 2.20. The lowest BCUT2D eigenvalue weighted by molar-refractivity contribution is 0.0128. The molecule has 0 aromatic heterocycles. The molecular formula is C17H36N2O. The molecule has 0 radical (unpaired) electrons. The standard InChI is InChI=1S/C17H36N2O/c1-3-4-5-6-7-8-9-10-12-19-13-11-17(20-2)14-16(19)15-18/h16-17H,3-15,18H2,1-2H3. The fourth-order valence-corrected chi connectivity index (χ4v) is 3.27. The minimum absolute atomic E-state index is 0.429. The van der Waals surface area contributed by atoms with E-state index < -0.39 is 0 Å². The van der Waals surface area contributed by atoms with Crippen LogP contribution >= 0.6 is 0 Å². The van der Waals surface area contributed by atoms with Crippen molar-refractivity contribution < 1.29 is 4.74 Å². The highest BCUT2D eigenvalue weighted by molar-refractivity contribution is 4.82. The van der Waals surface area contributed by atoms with Gasteiger partial charge in [0.15, 0.2) is 0 Å². The molecule has 2 N–H and O–H groups in total. The zero-order valence-electron chi connectivity index (χ0n) is 13.8. The minimum Gasteiger partial charge on any atom is -0.381 e. The lowest BCUT2D eigenvalue weighted by Gasteiger charge is -2.38. The smallest absolute Gasteiger partial charge is 0.0599 e. The Morgan fingerprint density at radius 2 is 1.70 bits per heavy atom. The predicted octanol–water partition coefficient (Wildman–Crippen LogP) is 3.57. The molecule has 3 nitrogen and oxygen atoms in total. The van der Waals surface area contributed by atoms with Gasteiger partial charge in [-0.2, -0.15) is 0 Å². The molecule has 0 saturated carbocycles. The molecule has 0 amide bonds. The first-order valence-electron chi connectivity index (χ1n) is 8.78. The molecule has 1 rings (SSSR count). The average molecular weight is 284 g/mol. The predicted molar refractivity (Wildman–Crippen MR) is 87.1 cm³/mol. The van der Waals surface area contributed by atoms with E-state index in [2.05, 4.69) is 11.8 Å². The van der Waals surface area contributed by atoms with Gasteiger partial charge in [0.2, 0.25) is 0 Å². The van der Waals surface area contributed by atoms with Crippen molar-refractivity contribution in [3.05, 3.63) is 0 Å². The quantitative estimate of drug-likeness (QED) is 0.590. The average Bonchev–Trinajstić information content (AvgIpc) is 2.50. The molecule has 20 heavy (non-hydrogen) atoms. The fraction of sp³-hybridized carbons (Fsp3) is 1.00. The summed E-state index contributed by atoms with van der Waals surface area (Å²) in [7, 11) is 1.83. The Morgan fingerprint density at radius 1 is 1.05 bits per heavy atom. The highest BCUT2D eigenvalue weighted by atomic mass is 16.5. The molecule has 1 heterocycles. The first-order valence-corrected chi connectivity index (χ1v) is 8.78. The van der Waals surface area contributed by atoms with E-state index in [1.54, 1.807) is 0 Å². The van der Waals surface area contributed by atoms with Crippen LogP contribution in [-0.2, 0) is 4.74 Å². The van der Waals surface area contributed by atoms with Gasteiger partial charge in [-0.1, -0.05) is 51.9 Å². The molecule has 2 atom stereocenters. The molecule has 1 aliphatic rings. The number of hydrogen-bond donors (Lipinski definition) is 1. The molecule has 3 heteroatoms. The van der Waals surface area contributed by atoms with E-state index in [1.165, 1.54) is 64.3 Å². The zero-order valence-corrected chi connectivity index (χ0v) is 13.8. The molecule has 1 saturated heterocycles. The van der Waals surface area contributed by atoms with Crippen LogP contribution in [0.4, 0.5) is 0 Å². The van der Waals surface area contributed by atoms with Gasteiger partial charge in [0, 0.05) is 26.2 Å². The largest absolute Gasteiger partial charge is 0.381 e. The molecular weight excluding hydrogens is 248 g/mol. The van der Waals surface area contributed by atoms with Crippen LogP contribution in [0.25, 0.3) is 0 Å². The number of methoxy groups -OCH3 is 1. The SMILES string of the molecule is CCCCCCCCCCN1CCC(OC)CC1CN. The van der Waals surface area contributed by atoms with Gasteiger partial charge in [0.25, 0.3) is 0 Å². The van der Waals surface area contributed by atoms with Gasteiger partial charge < -0.3 is 10.5 Å². The first-order chi connectivity index (χ1) is 9.81.